The number of esters is 4. The smallest absolute Gasteiger partial charge is 0.338 e. The third-order valence-corrected chi connectivity index (χ3v) is 7.19. The summed E-state index contributed by atoms with van der Waals surface area (Å²) in [6, 6.07) is 32.1. The molecule has 5 rings (SSSR count). The van der Waals surface area contributed by atoms with Gasteiger partial charge in [-0.1, -0.05) is 72.8 Å². The second kappa shape index (κ2) is 14.9. The first-order valence-electron chi connectivity index (χ1n) is 14.3. The lowest BCUT2D eigenvalue weighted by atomic mass is 9.84. The predicted octanol–water partition coefficient (Wildman–Crippen LogP) is 4.81. The van der Waals surface area contributed by atoms with Crippen LogP contribution < -0.4 is 5.48 Å². The zero-order chi connectivity index (χ0) is 31.6. The largest absolute Gasteiger partial charge is 0.455 e. The quantitative estimate of drug-likeness (QED) is 0.152. The highest BCUT2D eigenvalue weighted by Crippen LogP contribution is 2.32. The molecular formula is C35H31NO9. The van der Waals surface area contributed by atoms with Gasteiger partial charge >= 0.3 is 23.9 Å². The first-order chi connectivity index (χ1) is 21.9. The highest BCUT2D eigenvalue weighted by molar-refractivity contribution is 5.92. The fourth-order valence-electron chi connectivity index (χ4n) is 5.03. The molecular weight excluding hydrogens is 578 g/mol. The third-order valence-electron chi connectivity index (χ3n) is 7.19. The summed E-state index contributed by atoms with van der Waals surface area (Å²) in [6.45, 7) is 0. The van der Waals surface area contributed by atoms with Gasteiger partial charge in [-0.2, -0.15) is 5.48 Å². The summed E-state index contributed by atoms with van der Waals surface area (Å²) in [5.74, 6) is -2.93. The van der Waals surface area contributed by atoms with Crippen molar-refractivity contribution >= 4 is 23.9 Å². The molecule has 0 bridgehead atoms. The van der Waals surface area contributed by atoms with Gasteiger partial charge in [-0.3, -0.25) is 0 Å². The van der Waals surface area contributed by atoms with Crippen LogP contribution in [-0.4, -0.2) is 61.4 Å². The number of nitrogens with one attached hydrogen (secondary N) is 1. The van der Waals surface area contributed by atoms with Crippen LogP contribution in [0, 0.1) is 0 Å². The molecule has 0 unspecified atom stereocenters. The summed E-state index contributed by atoms with van der Waals surface area (Å²) in [4.78, 5) is 58.7. The summed E-state index contributed by atoms with van der Waals surface area (Å²) in [5.41, 5.74) is 3.71. The van der Waals surface area contributed by atoms with Crippen molar-refractivity contribution in [1.82, 2.24) is 5.48 Å². The minimum atomic E-state index is -1.44. The fourth-order valence-corrected chi connectivity index (χ4v) is 5.03. The summed E-state index contributed by atoms with van der Waals surface area (Å²) >= 11 is 0. The molecule has 10 nitrogen and oxygen atoms in total. The number of carbonyl (C=O) groups excluding carboxylic acids is 4. The van der Waals surface area contributed by atoms with E-state index in [1.54, 1.807) is 121 Å². The zero-order valence-electron chi connectivity index (χ0n) is 24.3. The van der Waals surface area contributed by atoms with E-state index in [4.69, 9.17) is 23.8 Å². The van der Waals surface area contributed by atoms with Crippen LogP contribution in [0.15, 0.2) is 121 Å². The minimum Gasteiger partial charge on any atom is -0.455 e. The van der Waals surface area contributed by atoms with Crippen LogP contribution in [0.1, 0.15) is 47.9 Å². The van der Waals surface area contributed by atoms with Gasteiger partial charge in [-0.05, 0) is 48.5 Å². The average molecular weight is 610 g/mol. The van der Waals surface area contributed by atoms with Gasteiger partial charge in [0.05, 0.1) is 35.4 Å². The standard InChI is InChI=1S/C35H31NO9/c1-41-36-27-22-28(42-32(37)23-14-6-2-7-15-23)30(44-34(39)25-18-10-4-11-19-25)31(45-35(40)26-20-12-5-13-21-26)29(27)43-33(38)24-16-8-3-9-17-24/h2-21,27-31,36H,22H2,1H3/t27-,28+,29-,30+,31+/m0/s1. The van der Waals surface area contributed by atoms with Crippen LogP contribution in [0.25, 0.3) is 0 Å². The van der Waals surface area contributed by atoms with E-state index in [9.17, 15) is 19.2 Å². The first-order valence-corrected chi connectivity index (χ1v) is 14.3. The number of rotatable bonds is 10. The van der Waals surface area contributed by atoms with E-state index in [2.05, 4.69) is 5.48 Å². The number of hydroxylamine groups is 1. The number of carbonyl (C=O) groups is 4. The maximum absolute atomic E-state index is 13.5. The Morgan fingerprint density at radius 3 is 1.20 bits per heavy atom. The molecule has 0 saturated heterocycles. The highest BCUT2D eigenvalue weighted by Gasteiger charge is 2.53. The summed E-state index contributed by atoms with van der Waals surface area (Å²) in [6.07, 6.45) is -5.26. The van der Waals surface area contributed by atoms with E-state index in [0.717, 1.165) is 0 Å². The van der Waals surface area contributed by atoms with E-state index in [-0.39, 0.29) is 28.7 Å². The Morgan fingerprint density at radius 1 is 0.489 bits per heavy atom. The van der Waals surface area contributed by atoms with Crippen LogP contribution in [0.5, 0.6) is 0 Å². The molecule has 0 amide bonds. The second-order valence-electron chi connectivity index (χ2n) is 10.2. The zero-order valence-corrected chi connectivity index (χ0v) is 24.3. The molecule has 230 valence electrons. The Balaban J connectivity index is 1.55. The monoisotopic (exact) mass is 609 g/mol. The van der Waals surface area contributed by atoms with Gasteiger partial charge in [0.2, 0.25) is 0 Å². The predicted molar refractivity (Wildman–Crippen MR) is 161 cm³/mol. The van der Waals surface area contributed by atoms with Crippen molar-refractivity contribution in [2.45, 2.75) is 36.9 Å². The van der Waals surface area contributed by atoms with E-state index < -0.39 is 54.3 Å². The van der Waals surface area contributed by atoms with Crippen molar-refractivity contribution in [2.24, 2.45) is 0 Å². The molecule has 0 heterocycles. The average Bonchev–Trinajstić information content (AvgIpc) is 3.09. The lowest BCUT2D eigenvalue weighted by molar-refractivity contribution is -0.169. The van der Waals surface area contributed by atoms with Gasteiger partial charge in [0.1, 0.15) is 6.10 Å². The van der Waals surface area contributed by atoms with Gasteiger partial charge in [-0.25, -0.2) is 19.2 Å². The lowest BCUT2D eigenvalue weighted by Crippen LogP contribution is -2.64. The van der Waals surface area contributed by atoms with E-state index in [0.29, 0.717) is 0 Å². The molecule has 10 heteroatoms. The van der Waals surface area contributed by atoms with Gasteiger partial charge < -0.3 is 23.8 Å². The molecule has 1 N–H and O–H groups in total. The highest BCUT2D eigenvalue weighted by atomic mass is 16.7. The Bertz CT molecular complexity index is 1580. The number of hydrogen-bond acceptors (Lipinski definition) is 10. The molecule has 0 aliphatic heterocycles. The van der Waals surface area contributed by atoms with Crippen molar-refractivity contribution < 1.29 is 43.0 Å². The summed E-state index contributed by atoms with van der Waals surface area (Å²) < 4.78 is 23.8. The van der Waals surface area contributed by atoms with Crippen LogP contribution in [0.2, 0.25) is 0 Å². The topological polar surface area (TPSA) is 126 Å². The summed E-state index contributed by atoms with van der Waals surface area (Å²) in [5, 5.41) is 0. The van der Waals surface area contributed by atoms with Crippen LogP contribution in [0.3, 0.4) is 0 Å². The first kappa shape index (κ1) is 31.1. The third kappa shape index (κ3) is 7.80. The molecule has 1 fully saturated rings. The van der Waals surface area contributed by atoms with Gasteiger partial charge in [0.25, 0.3) is 0 Å². The molecule has 0 radical (unpaired) electrons. The van der Waals surface area contributed by atoms with Crippen molar-refractivity contribution in [3.05, 3.63) is 144 Å². The molecule has 1 aliphatic carbocycles. The number of ether oxygens (including phenoxy) is 4. The molecule has 45 heavy (non-hydrogen) atoms. The van der Waals surface area contributed by atoms with Crippen molar-refractivity contribution in [3.8, 4) is 0 Å². The van der Waals surface area contributed by atoms with E-state index in [1.807, 2.05) is 0 Å². The molecule has 0 aromatic heterocycles. The van der Waals surface area contributed by atoms with Gasteiger partial charge in [0, 0.05) is 6.42 Å². The Labute approximate surface area is 259 Å². The number of benzene rings is 4. The second-order valence-corrected chi connectivity index (χ2v) is 10.2. The normalized spacial score (nSPS) is 20.8. The van der Waals surface area contributed by atoms with Crippen LogP contribution >= 0.6 is 0 Å². The van der Waals surface area contributed by atoms with Crippen molar-refractivity contribution in [3.63, 3.8) is 0 Å². The SMILES string of the molecule is CON[C@H]1C[C@@H](OC(=O)c2ccccc2)[C@@H](OC(=O)c2ccccc2)[C@H](OC(=O)c2ccccc2)[C@H]1OC(=O)c1ccccc1. The minimum absolute atomic E-state index is 0.0364. The molecule has 1 aliphatic rings. The Hall–Kier alpha value is -5.32. The lowest BCUT2D eigenvalue weighted by Gasteiger charge is -2.44. The van der Waals surface area contributed by atoms with Crippen molar-refractivity contribution in [2.75, 3.05) is 7.11 Å². The van der Waals surface area contributed by atoms with Crippen LogP contribution in [0.4, 0.5) is 0 Å². The number of hydrogen-bond donors (Lipinski definition) is 1. The Morgan fingerprint density at radius 2 is 0.822 bits per heavy atom. The van der Waals surface area contributed by atoms with Crippen LogP contribution in [-0.2, 0) is 23.8 Å². The maximum atomic E-state index is 13.5. The molecule has 4 aromatic rings. The van der Waals surface area contributed by atoms with Gasteiger partial charge in [-0.15, -0.1) is 0 Å². The Kier molecular flexibility index (Phi) is 10.3. The van der Waals surface area contributed by atoms with Gasteiger partial charge in [0.15, 0.2) is 18.3 Å². The molecule has 5 atom stereocenters. The van der Waals surface area contributed by atoms with E-state index >= 15 is 0 Å². The molecule has 4 aromatic carbocycles. The molecule has 1 saturated carbocycles. The summed E-state index contributed by atoms with van der Waals surface area (Å²) in [7, 11) is 1.37. The fraction of sp³-hybridized carbons (Fsp3) is 0.200. The van der Waals surface area contributed by atoms with Crippen molar-refractivity contribution in [1.29, 1.82) is 0 Å². The van der Waals surface area contributed by atoms with E-state index in [1.165, 1.54) is 7.11 Å². The maximum Gasteiger partial charge on any atom is 0.338 e. The molecule has 0 spiro atoms.